The molecule has 0 radical (unpaired) electrons. The molecular weight excluding hydrogens is 134 g/mol. The Morgan fingerprint density at radius 3 is 2.78 bits per heavy atom. The average molecular weight is 145 g/mol. The molecule has 0 aliphatic carbocycles. The van der Waals surface area contributed by atoms with Crippen molar-refractivity contribution in [1.29, 1.82) is 0 Å². The van der Waals surface area contributed by atoms with Crippen LogP contribution in [-0.4, -0.2) is 17.0 Å². The number of carbonyl (C=O) groups excluding carboxylic acids is 1. The van der Waals surface area contributed by atoms with Crippen LogP contribution in [0.4, 0.5) is 0 Å². The van der Waals surface area contributed by atoms with Gasteiger partial charge < -0.3 is 5.32 Å². The van der Waals surface area contributed by atoms with E-state index in [0.29, 0.717) is 5.37 Å². The summed E-state index contributed by atoms with van der Waals surface area (Å²) in [7, 11) is 0. The molecule has 0 aromatic carbocycles. The molecule has 1 aliphatic heterocycles. The van der Waals surface area contributed by atoms with E-state index in [4.69, 9.17) is 0 Å². The molecule has 2 atom stereocenters. The third-order valence-corrected chi connectivity index (χ3v) is 2.72. The lowest BCUT2D eigenvalue weighted by Crippen LogP contribution is -2.54. The Morgan fingerprint density at radius 2 is 2.44 bits per heavy atom. The van der Waals surface area contributed by atoms with E-state index in [0.717, 1.165) is 5.75 Å². The number of β-lactam (4-membered cyclic amide) rings is 1. The molecule has 0 aromatic heterocycles. The molecule has 1 heterocycles. The lowest BCUT2D eigenvalue weighted by atomic mass is 10.1. The first-order valence-corrected chi connectivity index (χ1v) is 4.22. The van der Waals surface area contributed by atoms with Crippen LogP contribution in [0.3, 0.4) is 0 Å². The SMILES string of the molecule is CCS[C@@H]1NC(=O)[C@H]1C. The van der Waals surface area contributed by atoms with Crippen LogP contribution in [0, 0.1) is 5.92 Å². The van der Waals surface area contributed by atoms with E-state index in [1.165, 1.54) is 0 Å². The summed E-state index contributed by atoms with van der Waals surface area (Å²) in [5, 5.41) is 3.21. The smallest absolute Gasteiger partial charge is 0.226 e. The van der Waals surface area contributed by atoms with Crippen LogP contribution in [0.1, 0.15) is 13.8 Å². The highest BCUT2D eigenvalue weighted by Crippen LogP contribution is 2.24. The van der Waals surface area contributed by atoms with Gasteiger partial charge >= 0.3 is 0 Å². The maximum atomic E-state index is 10.6. The zero-order chi connectivity index (χ0) is 6.85. The highest BCUT2D eigenvalue weighted by molar-refractivity contribution is 8.00. The second-order valence-corrected chi connectivity index (χ2v) is 3.59. The van der Waals surface area contributed by atoms with Crippen molar-refractivity contribution in [3.8, 4) is 0 Å². The Kier molecular flexibility index (Phi) is 2.01. The monoisotopic (exact) mass is 145 g/mol. The second-order valence-electron chi connectivity index (χ2n) is 2.17. The molecule has 52 valence electrons. The van der Waals surface area contributed by atoms with Gasteiger partial charge in [0, 0.05) is 0 Å². The zero-order valence-electron chi connectivity index (χ0n) is 5.68. The third-order valence-electron chi connectivity index (χ3n) is 1.50. The number of thioether (sulfide) groups is 1. The number of hydrogen-bond acceptors (Lipinski definition) is 2. The fourth-order valence-electron chi connectivity index (χ4n) is 0.803. The van der Waals surface area contributed by atoms with Crippen LogP contribution < -0.4 is 5.32 Å². The summed E-state index contributed by atoms with van der Waals surface area (Å²) in [6, 6.07) is 0. The maximum absolute atomic E-state index is 10.6. The predicted octanol–water partition coefficient (Wildman–Crippen LogP) is 0.831. The van der Waals surface area contributed by atoms with Gasteiger partial charge in [-0.05, 0) is 5.75 Å². The first-order valence-electron chi connectivity index (χ1n) is 3.17. The van der Waals surface area contributed by atoms with Crippen molar-refractivity contribution < 1.29 is 4.79 Å². The van der Waals surface area contributed by atoms with E-state index in [2.05, 4.69) is 12.2 Å². The normalized spacial score (nSPS) is 33.3. The molecule has 3 heteroatoms. The van der Waals surface area contributed by atoms with Gasteiger partial charge in [0.05, 0.1) is 11.3 Å². The van der Waals surface area contributed by atoms with Crippen molar-refractivity contribution in [2.45, 2.75) is 19.2 Å². The topological polar surface area (TPSA) is 29.1 Å². The van der Waals surface area contributed by atoms with Gasteiger partial charge in [-0.25, -0.2) is 0 Å². The van der Waals surface area contributed by atoms with E-state index in [1.807, 2.05) is 6.92 Å². The van der Waals surface area contributed by atoms with Crippen molar-refractivity contribution in [1.82, 2.24) is 5.32 Å². The number of hydrogen-bond donors (Lipinski definition) is 1. The molecule has 1 rings (SSSR count). The van der Waals surface area contributed by atoms with Crippen molar-refractivity contribution in [2.24, 2.45) is 5.92 Å². The molecule has 2 nitrogen and oxygen atoms in total. The van der Waals surface area contributed by atoms with Crippen molar-refractivity contribution in [3.05, 3.63) is 0 Å². The Bertz CT molecular complexity index is 126. The molecule has 0 aromatic rings. The molecule has 1 saturated heterocycles. The molecular formula is C6H11NOS. The summed E-state index contributed by atoms with van der Waals surface area (Å²) in [4.78, 5) is 10.6. The van der Waals surface area contributed by atoms with E-state index in [-0.39, 0.29) is 11.8 Å². The Hall–Kier alpha value is -0.180. The largest absolute Gasteiger partial charge is 0.343 e. The van der Waals surface area contributed by atoms with E-state index >= 15 is 0 Å². The van der Waals surface area contributed by atoms with Crippen LogP contribution in [0.5, 0.6) is 0 Å². The Morgan fingerprint density at radius 1 is 1.78 bits per heavy atom. The molecule has 9 heavy (non-hydrogen) atoms. The lowest BCUT2D eigenvalue weighted by molar-refractivity contribution is -0.131. The van der Waals surface area contributed by atoms with Crippen LogP contribution in [-0.2, 0) is 4.79 Å². The molecule has 1 amide bonds. The molecule has 0 bridgehead atoms. The highest BCUT2D eigenvalue weighted by Gasteiger charge is 2.34. The maximum Gasteiger partial charge on any atom is 0.226 e. The Labute approximate surface area is 59.4 Å². The van der Waals surface area contributed by atoms with Crippen molar-refractivity contribution in [2.75, 3.05) is 5.75 Å². The second kappa shape index (κ2) is 2.60. The fourth-order valence-corrected chi connectivity index (χ4v) is 1.77. The number of carbonyl (C=O) groups is 1. The van der Waals surface area contributed by atoms with Crippen molar-refractivity contribution in [3.63, 3.8) is 0 Å². The minimum absolute atomic E-state index is 0.195. The van der Waals surface area contributed by atoms with Gasteiger partial charge in [-0.3, -0.25) is 4.79 Å². The molecule has 1 aliphatic rings. The lowest BCUT2D eigenvalue weighted by Gasteiger charge is -2.33. The van der Waals surface area contributed by atoms with Gasteiger partial charge in [0.25, 0.3) is 0 Å². The number of amides is 1. The van der Waals surface area contributed by atoms with E-state index < -0.39 is 0 Å². The summed E-state index contributed by atoms with van der Waals surface area (Å²) >= 11 is 1.80. The van der Waals surface area contributed by atoms with Crippen molar-refractivity contribution >= 4 is 17.7 Å². The molecule has 1 fully saturated rings. The Balaban J connectivity index is 2.25. The molecule has 0 unspecified atom stereocenters. The minimum Gasteiger partial charge on any atom is -0.343 e. The first kappa shape index (κ1) is 6.93. The van der Waals surface area contributed by atoms with Gasteiger partial charge in [-0.1, -0.05) is 13.8 Å². The van der Waals surface area contributed by atoms with Gasteiger partial charge in [-0.2, -0.15) is 0 Å². The molecule has 1 N–H and O–H groups in total. The highest BCUT2D eigenvalue weighted by atomic mass is 32.2. The number of nitrogens with one attached hydrogen (secondary N) is 1. The molecule has 0 saturated carbocycles. The average Bonchev–Trinajstić information content (AvgIpc) is 1.88. The van der Waals surface area contributed by atoms with E-state index in [1.54, 1.807) is 11.8 Å². The van der Waals surface area contributed by atoms with Gasteiger partial charge in [0.1, 0.15) is 0 Å². The van der Waals surface area contributed by atoms with Gasteiger partial charge in [-0.15, -0.1) is 11.8 Å². The van der Waals surface area contributed by atoms with Crippen LogP contribution >= 0.6 is 11.8 Å². The fraction of sp³-hybridized carbons (Fsp3) is 0.833. The minimum atomic E-state index is 0.195. The summed E-state index contributed by atoms with van der Waals surface area (Å²) < 4.78 is 0. The summed E-state index contributed by atoms with van der Waals surface area (Å²) in [6.45, 7) is 4.06. The van der Waals surface area contributed by atoms with Gasteiger partial charge in [0.15, 0.2) is 0 Å². The zero-order valence-corrected chi connectivity index (χ0v) is 6.49. The first-order chi connectivity index (χ1) is 4.25. The summed E-state index contributed by atoms with van der Waals surface area (Å²) in [6.07, 6.45) is 0. The van der Waals surface area contributed by atoms with E-state index in [9.17, 15) is 4.79 Å². The quantitative estimate of drug-likeness (QED) is 0.583. The summed E-state index contributed by atoms with van der Waals surface area (Å²) in [5.74, 6) is 1.51. The van der Waals surface area contributed by atoms with Gasteiger partial charge in [0.2, 0.25) is 5.91 Å². The van der Waals surface area contributed by atoms with Crippen LogP contribution in [0.25, 0.3) is 0 Å². The van der Waals surface area contributed by atoms with Crippen LogP contribution in [0.2, 0.25) is 0 Å². The summed E-state index contributed by atoms with van der Waals surface area (Å²) in [5.41, 5.74) is 0. The number of rotatable bonds is 2. The third kappa shape index (κ3) is 1.21. The predicted molar refractivity (Wildman–Crippen MR) is 39.2 cm³/mol. The standard InChI is InChI=1S/C6H11NOS/c1-3-9-6-4(2)5(8)7-6/h4,6H,3H2,1-2H3,(H,7,8)/t4-,6+/m1/s1. The van der Waals surface area contributed by atoms with Crippen LogP contribution in [0.15, 0.2) is 0 Å². The molecule has 0 spiro atoms.